The molecule has 1 aliphatic carbocycles. The van der Waals surface area contributed by atoms with Crippen LogP contribution in [0.5, 0.6) is 0 Å². The normalized spacial score (nSPS) is 12.9. The van der Waals surface area contributed by atoms with Gasteiger partial charge in [-0.1, -0.05) is 184 Å². The molecule has 3 heterocycles. The molecule has 0 spiro atoms. The molecule has 306 valence electrons. The summed E-state index contributed by atoms with van der Waals surface area (Å²) in [6, 6.07) is 71.2. The van der Waals surface area contributed by atoms with Gasteiger partial charge in [-0.05, 0) is 86.0 Å². The van der Waals surface area contributed by atoms with E-state index in [1.807, 2.05) is 18.2 Å². The van der Waals surface area contributed by atoms with Gasteiger partial charge in [-0.3, -0.25) is 0 Å². The third-order valence-corrected chi connectivity index (χ3v) is 14.5. The Morgan fingerprint density at radius 2 is 0.923 bits per heavy atom. The Bertz CT molecular complexity index is 3860. The number of aromatic nitrogens is 3. The van der Waals surface area contributed by atoms with E-state index in [1.54, 1.807) is 11.3 Å². The van der Waals surface area contributed by atoms with Crippen molar-refractivity contribution in [2.24, 2.45) is 0 Å². The third-order valence-electron chi connectivity index (χ3n) is 13.4. The Morgan fingerprint density at radius 3 is 1.74 bits per heavy atom. The number of hydrogen-bond acceptors (Lipinski definition) is 5. The predicted molar refractivity (Wildman–Crippen MR) is 270 cm³/mol. The van der Waals surface area contributed by atoms with Gasteiger partial charge in [-0.25, -0.2) is 15.0 Å². The van der Waals surface area contributed by atoms with Gasteiger partial charge in [0.2, 0.25) is 0 Å². The molecule has 0 atom stereocenters. The summed E-state index contributed by atoms with van der Waals surface area (Å²) in [7, 11) is 0. The van der Waals surface area contributed by atoms with Gasteiger partial charge >= 0.3 is 0 Å². The molecule has 0 saturated heterocycles. The van der Waals surface area contributed by atoms with Crippen LogP contribution in [0.3, 0.4) is 0 Å². The van der Waals surface area contributed by atoms with Crippen LogP contribution in [0.15, 0.2) is 205 Å². The minimum absolute atomic E-state index is 0.0481. The molecule has 4 nitrogen and oxygen atoms in total. The van der Waals surface area contributed by atoms with E-state index in [2.05, 4.69) is 196 Å². The first-order valence-electron chi connectivity index (χ1n) is 22.1. The van der Waals surface area contributed by atoms with Gasteiger partial charge in [0.1, 0.15) is 11.2 Å². The van der Waals surface area contributed by atoms with Crippen LogP contribution in [-0.2, 0) is 5.41 Å². The molecular weight excluding hydrogens is 811 g/mol. The largest absolute Gasteiger partial charge is 0.456 e. The maximum atomic E-state index is 6.60. The lowest BCUT2D eigenvalue weighted by atomic mass is 9.82. The van der Waals surface area contributed by atoms with Crippen LogP contribution in [-0.4, -0.2) is 15.0 Å². The lowest BCUT2D eigenvalue weighted by Crippen LogP contribution is -2.14. The summed E-state index contributed by atoms with van der Waals surface area (Å²) in [5.74, 6) is 1.83. The van der Waals surface area contributed by atoms with E-state index in [-0.39, 0.29) is 5.41 Å². The van der Waals surface area contributed by atoms with Crippen molar-refractivity contribution in [3.05, 3.63) is 211 Å². The van der Waals surface area contributed by atoms with Gasteiger partial charge in [0.15, 0.2) is 17.5 Å². The highest BCUT2D eigenvalue weighted by Crippen LogP contribution is 2.52. The maximum absolute atomic E-state index is 6.60. The third kappa shape index (κ3) is 5.93. The zero-order valence-corrected chi connectivity index (χ0v) is 36.5. The van der Waals surface area contributed by atoms with Crippen LogP contribution in [0.25, 0.3) is 121 Å². The van der Waals surface area contributed by atoms with Gasteiger partial charge in [-0.15, -0.1) is 11.3 Å². The zero-order chi connectivity index (χ0) is 43.2. The number of fused-ring (bicyclic) bond motifs is 9. The highest BCUT2D eigenvalue weighted by atomic mass is 32.1. The summed E-state index contributed by atoms with van der Waals surface area (Å²) < 4.78 is 9.03. The number of rotatable bonds is 6. The van der Waals surface area contributed by atoms with E-state index >= 15 is 0 Å². The maximum Gasteiger partial charge on any atom is 0.164 e. The minimum Gasteiger partial charge on any atom is -0.456 e. The highest BCUT2D eigenvalue weighted by molar-refractivity contribution is 7.25. The Hall–Kier alpha value is -7.99. The lowest BCUT2D eigenvalue weighted by Gasteiger charge is -2.21. The van der Waals surface area contributed by atoms with E-state index in [1.165, 1.54) is 48.2 Å². The fraction of sp³-hybridized carbons (Fsp3) is 0.0500. The van der Waals surface area contributed by atoms with Crippen molar-refractivity contribution in [3.8, 4) is 78.7 Å². The van der Waals surface area contributed by atoms with Gasteiger partial charge in [0.25, 0.3) is 0 Å². The van der Waals surface area contributed by atoms with E-state index in [4.69, 9.17) is 19.4 Å². The molecule has 65 heavy (non-hydrogen) atoms. The fourth-order valence-corrected chi connectivity index (χ4v) is 11.4. The van der Waals surface area contributed by atoms with Crippen molar-refractivity contribution in [3.63, 3.8) is 0 Å². The second-order valence-corrected chi connectivity index (χ2v) is 18.5. The van der Waals surface area contributed by atoms with Crippen LogP contribution in [0, 0.1) is 0 Å². The lowest BCUT2D eigenvalue weighted by molar-refractivity contribution is 0.660. The first kappa shape index (κ1) is 37.6. The Balaban J connectivity index is 0.972. The van der Waals surface area contributed by atoms with Crippen molar-refractivity contribution in [1.29, 1.82) is 0 Å². The average molecular weight is 850 g/mol. The number of nitrogens with zero attached hydrogens (tertiary/aromatic N) is 3. The molecule has 0 radical (unpaired) electrons. The quantitative estimate of drug-likeness (QED) is 0.167. The molecule has 1 aliphatic rings. The number of benzene rings is 9. The summed E-state index contributed by atoms with van der Waals surface area (Å²) in [4.78, 5) is 16.1. The van der Waals surface area contributed by atoms with Crippen molar-refractivity contribution in [2.75, 3.05) is 0 Å². The Morgan fingerprint density at radius 1 is 0.369 bits per heavy atom. The monoisotopic (exact) mass is 849 g/mol. The molecule has 0 amide bonds. The fourth-order valence-electron chi connectivity index (χ4n) is 10.3. The molecule has 5 heteroatoms. The topological polar surface area (TPSA) is 51.8 Å². The molecule has 9 aromatic carbocycles. The number of hydrogen-bond donors (Lipinski definition) is 0. The number of thiophene rings is 1. The van der Waals surface area contributed by atoms with Gasteiger partial charge in [0, 0.05) is 53.1 Å². The summed E-state index contributed by atoms with van der Waals surface area (Å²) in [6.07, 6.45) is 0. The van der Waals surface area contributed by atoms with E-state index in [0.29, 0.717) is 17.5 Å². The molecular formula is C60H39N3OS. The molecule has 0 bridgehead atoms. The summed E-state index contributed by atoms with van der Waals surface area (Å²) in [6.45, 7) is 4.67. The Kier molecular flexibility index (Phi) is 8.39. The van der Waals surface area contributed by atoms with Crippen molar-refractivity contribution in [1.82, 2.24) is 15.0 Å². The van der Waals surface area contributed by atoms with Crippen LogP contribution >= 0.6 is 11.3 Å². The smallest absolute Gasteiger partial charge is 0.164 e. The number of furan rings is 1. The molecule has 0 saturated carbocycles. The minimum atomic E-state index is -0.0481. The summed E-state index contributed by atoms with van der Waals surface area (Å²) in [5.41, 5.74) is 16.7. The molecule has 12 aromatic rings. The van der Waals surface area contributed by atoms with E-state index < -0.39 is 0 Å². The zero-order valence-electron chi connectivity index (χ0n) is 35.7. The van der Waals surface area contributed by atoms with Crippen molar-refractivity contribution in [2.45, 2.75) is 19.3 Å². The van der Waals surface area contributed by atoms with Crippen molar-refractivity contribution < 1.29 is 4.42 Å². The molecule has 3 aromatic heterocycles. The van der Waals surface area contributed by atoms with Gasteiger partial charge in [0.05, 0.1) is 0 Å². The van der Waals surface area contributed by atoms with Crippen LogP contribution < -0.4 is 0 Å². The second kappa shape index (κ2) is 14.5. The molecule has 0 N–H and O–H groups in total. The van der Waals surface area contributed by atoms with Gasteiger partial charge in [-0.2, -0.15) is 0 Å². The van der Waals surface area contributed by atoms with Crippen LogP contribution in [0.4, 0.5) is 0 Å². The molecule has 0 unspecified atom stereocenters. The van der Waals surface area contributed by atoms with Gasteiger partial charge < -0.3 is 4.42 Å². The highest BCUT2D eigenvalue weighted by Gasteiger charge is 2.36. The van der Waals surface area contributed by atoms with Crippen LogP contribution in [0.1, 0.15) is 25.0 Å². The summed E-state index contributed by atoms with van der Waals surface area (Å²) >= 11 is 1.79. The predicted octanol–water partition coefficient (Wildman–Crippen LogP) is 16.4. The van der Waals surface area contributed by atoms with Crippen molar-refractivity contribution >= 4 is 53.4 Å². The van der Waals surface area contributed by atoms with E-state index in [0.717, 1.165) is 66.3 Å². The van der Waals surface area contributed by atoms with Crippen LogP contribution in [0.2, 0.25) is 0 Å². The molecule has 0 fully saturated rings. The van der Waals surface area contributed by atoms with E-state index in [9.17, 15) is 0 Å². The summed E-state index contributed by atoms with van der Waals surface area (Å²) in [5, 5.41) is 4.33. The molecule has 13 rings (SSSR count). The standard InChI is InChI=1S/C60H39N3OS/c1-60(2)48-24-10-8-19-43(48)54-41(21-12-25-49(54)60)38-31-29-36(30-32-38)39-33-34-50-47(35-39)55-45(22-13-26-51(55)64-50)58-61-57(42-18-7-6-17-40(42)37-15-4-3-5-16-37)62-59(63-58)46-23-14-28-53-56(46)44-20-9-11-27-52(44)65-53/h3-35H,1-2H3. The first-order valence-corrected chi connectivity index (χ1v) is 22.9. The Labute approximate surface area is 380 Å². The average Bonchev–Trinajstić information content (AvgIpc) is 4.01. The SMILES string of the molecule is CC1(C)c2ccccc2-c2c(-c3ccc(-c4ccc5oc6cccc(-c7nc(-c8ccccc8-c8ccccc8)nc(-c8cccc9sc%10ccccc%10c89)n7)c6c5c4)cc3)cccc21. The molecule has 0 aliphatic heterocycles. The second-order valence-electron chi connectivity index (χ2n) is 17.5. The first-order chi connectivity index (χ1) is 32.0.